The molecule has 1 fully saturated rings. The molecule has 1 N–H and O–H groups in total. The van der Waals surface area contributed by atoms with Gasteiger partial charge in [-0.2, -0.15) is 0 Å². The highest BCUT2D eigenvalue weighted by molar-refractivity contribution is 5.80. The highest BCUT2D eigenvalue weighted by Crippen LogP contribution is 2.17. The van der Waals surface area contributed by atoms with Gasteiger partial charge in [0.15, 0.2) is 17.7 Å². The summed E-state index contributed by atoms with van der Waals surface area (Å²) in [5.41, 5.74) is 0. The molecule has 1 aliphatic heterocycles. The smallest absolute Gasteiger partial charge is 0.260 e. The lowest BCUT2D eigenvalue weighted by molar-refractivity contribution is -0.127. The fraction of sp³-hybridized carbons (Fsp3) is 0.533. The lowest BCUT2D eigenvalue weighted by Gasteiger charge is -2.21. The molecule has 1 amide bonds. The van der Waals surface area contributed by atoms with Crippen molar-refractivity contribution >= 4 is 5.91 Å². The maximum absolute atomic E-state index is 13.1. The van der Waals surface area contributed by atoms with Crippen molar-refractivity contribution in [1.82, 2.24) is 10.2 Å². The first-order chi connectivity index (χ1) is 9.97. The van der Waals surface area contributed by atoms with Gasteiger partial charge >= 0.3 is 0 Å². The molecule has 0 bridgehead atoms. The number of hydrogen-bond donors (Lipinski definition) is 1. The number of hydrogen-bond acceptors (Lipinski definition) is 3. The fourth-order valence-electron chi connectivity index (χ4n) is 2.41. The molecule has 0 saturated carbocycles. The molecule has 6 heteroatoms. The average Bonchev–Trinajstić information content (AvgIpc) is 2.85. The van der Waals surface area contributed by atoms with Gasteiger partial charge in [0.1, 0.15) is 5.75 Å². The first-order valence-electron chi connectivity index (χ1n) is 7.07. The summed E-state index contributed by atoms with van der Waals surface area (Å²) in [5.74, 6) is -2.06. The van der Waals surface area contributed by atoms with Crippen molar-refractivity contribution in [1.29, 1.82) is 0 Å². The van der Waals surface area contributed by atoms with Crippen molar-refractivity contribution < 1.29 is 18.3 Å². The molecule has 1 aromatic rings. The number of halogens is 2. The SMILES string of the molecule is C[C@@H](Oc1ccc(F)c(F)c1)C(=O)NC[C@H]1CCCN1C. The third kappa shape index (κ3) is 4.14. The van der Waals surface area contributed by atoms with Crippen LogP contribution in [0, 0.1) is 11.6 Å². The van der Waals surface area contributed by atoms with Gasteiger partial charge in [0, 0.05) is 18.7 Å². The zero-order valence-corrected chi connectivity index (χ0v) is 12.2. The predicted octanol–water partition coefficient (Wildman–Crippen LogP) is 1.94. The van der Waals surface area contributed by atoms with Gasteiger partial charge in [-0.15, -0.1) is 0 Å². The summed E-state index contributed by atoms with van der Waals surface area (Å²) >= 11 is 0. The Morgan fingerprint density at radius 2 is 2.24 bits per heavy atom. The second kappa shape index (κ2) is 6.85. The largest absolute Gasteiger partial charge is 0.481 e. The van der Waals surface area contributed by atoms with E-state index in [0.717, 1.165) is 31.5 Å². The van der Waals surface area contributed by atoms with Crippen LogP contribution in [-0.2, 0) is 4.79 Å². The van der Waals surface area contributed by atoms with Crippen molar-refractivity contribution in [2.75, 3.05) is 20.1 Å². The molecule has 0 spiro atoms. The Balaban J connectivity index is 1.83. The second-order valence-corrected chi connectivity index (χ2v) is 5.36. The summed E-state index contributed by atoms with van der Waals surface area (Å²) in [4.78, 5) is 14.1. The van der Waals surface area contributed by atoms with Crippen LogP contribution in [0.5, 0.6) is 5.75 Å². The third-order valence-corrected chi connectivity index (χ3v) is 3.76. The number of ether oxygens (including phenoxy) is 1. The van der Waals surface area contributed by atoms with Crippen molar-refractivity contribution in [2.24, 2.45) is 0 Å². The molecule has 1 aliphatic rings. The molecule has 4 nitrogen and oxygen atoms in total. The van der Waals surface area contributed by atoms with E-state index in [0.29, 0.717) is 12.6 Å². The zero-order valence-electron chi connectivity index (χ0n) is 12.2. The Morgan fingerprint density at radius 3 is 2.86 bits per heavy atom. The Kier molecular flexibility index (Phi) is 5.12. The van der Waals surface area contributed by atoms with Crippen LogP contribution in [0.1, 0.15) is 19.8 Å². The molecule has 0 aromatic heterocycles. The van der Waals surface area contributed by atoms with Crippen molar-refractivity contribution in [3.05, 3.63) is 29.8 Å². The second-order valence-electron chi connectivity index (χ2n) is 5.36. The zero-order chi connectivity index (χ0) is 15.4. The van der Waals surface area contributed by atoms with E-state index in [4.69, 9.17) is 4.74 Å². The van der Waals surface area contributed by atoms with Gasteiger partial charge in [0.05, 0.1) is 0 Å². The van der Waals surface area contributed by atoms with Crippen LogP contribution in [0.3, 0.4) is 0 Å². The first kappa shape index (κ1) is 15.7. The van der Waals surface area contributed by atoms with Crippen LogP contribution in [0.2, 0.25) is 0 Å². The highest BCUT2D eigenvalue weighted by atomic mass is 19.2. The first-order valence-corrected chi connectivity index (χ1v) is 7.07. The monoisotopic (exact) mass is 298 g/mol. The summed E-state index contributed by atoms with van der Waals surface area (Å²) in [5, 5.41) is 2.83. The van der Waals surface area contributed by atoms with Gasteiger partial charge in [0.25, 0.3) is 5.91 Å². The fourth-order valence-corrected chi connectivity index (χ4v) is 2.41. The van der Waals surface area contributed by atoms with Crippen LogP contribution >= 0.6 is 0 Å². The van der Waals surface area contributed by atoms with Crippen molar-refractivity contribution in [3.63, 3.8) is 0 Å². The topological polar surface area (TPSA) is 41.6 Å². The minimum absolute atomic E-state index is 0.134. The average molecular weight is 298 g/mol. The van der Waals surface area contributed by atoms with Crippen LogP contribution in [-0.4, -0.2) is 43.1 Å². The van der Waals surface area contributed by atoms with Crippen LogP contribution < -0.4 is 10.1 Å². The molecule has 0 radical (unpaired) electrons. The standard InChI is InChI=1S/C15H20F2N2O2/c1-10(21-12-5-6-13(16)14(17)8-12)15(20)18-9-11-4-3-7-19(11)2/h5-6,8,10-11H,3-4,7,9H2,1-2H3,(H,18,20)/t10-,11-/m1/s1. The highest BCUT2D eigenvalue weighted by Gasteiger charge is 2.23. The van der Waals surface area contributed by atoms with E-state index in [1.54, 1.807) is 6.92 Å². The van der Waals surface area contributed by atoms with E-state index in [1.165, 1.54) is 6.07 Å². The normalized spacial score (nSPS) is 20.3. The summed E-state index contributed by atoms with van der Waals surface area (Å²) in [6.45, 7) is 3.19. The minimum Gasteiger partial charge on any atom is -0.481 e. The number of likely N-dealkylation sites (tertiary alicyclic amines) is 1. The number of benzene rings is 1. The van der Waals surface area contributed by atoms with E-state index in [1.807, 2.05) is 7.05 Å². The minimum atomic E-state index is -0.993. The van der Waals surface area contributed by atoms with Gasteiger partial charge in [-0.25, -0.2) is 8.78 Å². The molecule has 2 rings (SSSR count). The summed E-state index contributed by atoms with van der Waals surface area (Å²) in [6, 6.07) is 3.56. The molecule has 0 aliphatic carbocycles. The molecule has 1 heterocycles. The summed E-state index contributed by atoms with van der Waals surface area (Å²) in [6.07, 6.45) is 1.44. The summed E-state index contributed by atoms with van der Waals surface area (Å²) in [7, 11) is 2.03. The number of carbonyl (C=O) groups excluding carboxylic acids is 1. The Labute approximate surface area is 123 Å². The Hall–Kier alpha value is -1.69. The number of nitrogens with one attached hydrogen (secondary N) is 1. The van der Waals surface area contributed by atoms with Gasteiger partial charge in [-0.05, 0) is 45.5 Å². The predicted molar refractivity (Wildman–Crippen MR) is 75.1 cm³/mol. The third-order valence-electron chi connectivity index (χ3n) is 3.76. The van der Waals surface area contributed by atoms with E-state index in [2.05, 4.69) is 10.2 Å². The van der Waals surface area contributed by atoms with Crippen LogP contribution in [0.25, 0.3) is 0 Å². The molecular weight excluding hydrogens is 278 g/mol. The number of carbonyl (C=O) groups is 1. The number of rotatable bonds is 5. The molecular formula is C15H20F2N2O2. The van der Waals surface area contributed by atoms with E-state index in [-0.39, 0.29) is 11.7 Å². The van der Waals surface area contributed by atoms with Crippen molar-refractivity contribution in [3.8, 4) is 5.75 Å². The molecule has 21 heavy (non-hydrogen) atoms. The number of amides is 1. The lowest BCUT2D eigenvalue weighted by atomic mass is 10.2. The molecule has 1 saturated heterocycles. The van der Waals surface area contributed by atoms with Gasteiger partial charge in [-0.3, -0.25) is 4.79 Å². The Morgan fingerprint density at radius 1 is 1.48 bits per heavy atom. The molecule has 2 atom stereocenters. The van der Waals surface area contributed by atoms with Crippen molar-refractivity contribution in [2.45, 2.75) is 31.9 Å². The molecule has 1 aromatic carbocycles. The van der Waals surface area contributed by atoms with E-state index in [9.17, 15) is 13.6 Å². The summed E-state index contributed by atoms with van der Waals surface area (Å²) < 4.78 is 31.2. The van der Waals surface area contributed by atoms with Crippen LogP contribution in [0.15, 0.2) is 18.2 Å². The maximum atomic E-state index is 13.1. The van der Waals surface area contributed by atoms with E-state index < -0.39 is 17.7 Å². The quantitative estimate of drug-likeness (QED) is 0.903. The van der Waals surface area contributed by atoms with Gasteiger partial charge in [0.2, 0.25) is 0 Å². The van der Waals surface area contributed by atoms with Crippen LogP contribution in [0.4, 0.5) is 8.78 Å². The van der Waals surface area contributed by atoms with Gasteiger partial charge in [-0.1, -0.05) is 0 Å². The van der Waals surface area contributed by atoms with Gasteiger partial charge < -0.3 is 15.0 Å². The molecule has 116 valence electrons. The number of likely N-dealkylation sites (N-methyl/N-ethyl adjacent to an activating group) is 1. The molecule has 0 unspecified atom stereocenters. The number of nitrogens with zero attached hydrogens (tertiary/aromatic N) is 1. The van der Waals surface area contributed by atoms with E-state index >= 15 is 0 Å². The lowest BCUT2D eigenvalue weighted by Crippen LogP contribution is -2.43. The Bertz CT molecular complexity index is 510. The maximum Gasteiger partial charge on any atom is 0.260 e.